The molecule has 0 saturated heterocycles. The highest BCUT2D eigenvalue weighted by Gasteiger charge is 2.46. The molecule has 7 heteroatoms. The maximum Gasteiger partial charge on any atom is 0.303 e. The lowest BCUT2D eigenvalue weighted by atomic mass is 10.1. The number of carbonyl (C=O) groups excluding carboxylic acids is 3. The van der Waals surface area contributed by atoms with Crippen LogP contribution >= 0.6 is 0 Å². The molecule has 7 nitrogen and oxygen atoms in total. The summed E-state index contributed by atoms with van der Waals surface area (Å²) < 4.78 is 15.2. The van der Waals surface area contributed by atoms with Crippen molar-refractivity contribution >= 4 is 17.9 Å². The molecule has 0 heterocycles. The number of nitrogens with two attached hydrogens (primary N) is 1. The van der Waals surface area contributed by atoms with Gasteiger partial charge in [-0.05, 0) is 6.42 Å². The Hall–Kier alpha value is -1.63. The van der Waals surface area contributed by atoms with Crippen LogP contribution in [-0.2, 0) is 28.6 Å². The molecule has 0 bridgehead atoms. The fraction of sp³-hybridized carbons (Fsp3) is 0.750. The molecule has 0 aromatic rings. The average Bonchev–Trinajstić information content (AvgIpc) is 2.53. The summed E-state index contributed by atoms with van der Waals surface area (Å²) in [5, 5.41) is 0. The van der Waals surface area contributed by atoms with E-state index in [-0.39, 0.29) is 12.5 Å². The maximum absolute atomic E-state index is 11.1. The van der Waals surface area contributed by atoms with Crippen LogP contribution in [-0.4, -0.2) is 42.8 Å². The van der Waals surface area contributed by atoms with Gasteiger partial charge in [-0.2, -0.15) is 0 Å². The van der Waals surface area contributed by atoms with E-state index in [4.69, 9.17) is 19.9 Å². The zero-order valence-electron chi connectivity index (χ0n) is 11.3. The van der Waals surface area contributed by atoms with Gasteiger partial charge in [0.25, 0.3) is 0 Å². The molecule has 108 valence electrons. The Bertz CT molecular complexity index is 369. The van der Waals surface area contributed by atoms with Crippen molar-refractivity contribution in [2.75, 3.05) is 6.61 Å². The second-order valence-corrected chi connectivity index (χ2v) is 4.61. The molecular formula is C12H19NO6. The Morgan fingerprint density at radius 1 is 1.00 bits per heavy atom. The summed E-state index contributed by atoms with van der Waals surface area (Å²) in [7, 11) is 0. The van der Waals surface area contributed by atoms with Gasteiger partial charge in [-0.3, -0.25) is 14.4 Å². The Morgan fingerprint density at radius 2 is 1.53 bits per heavy atom. The maximum atomic E-state index is 11.1. The molecule has 4 atom stereocenters. The third kappa shape index (κ3) is 4.51. The molecule has 1 aliphatic carbocycles. The quantitative estimate of drug-likeness (QED) is 0.556. The van der Waals surface area contributed by atoms with Crippen molar-refractivity contribution in [3.8, 4) is 0 Å². The van der Waals surface area contributed by atoms with E-state index >= 15 is 0 Å². The van der Waals surface area contributed by atoms with Crippen molar-refractivity contribution in [3.63, 3.8) is 0 Å². The van der Waals surface area contributed by atoms with Crippen LogP contribution in [0.4, 0.5) is 0 Å². The van der Waals surface area contributed by atoms with Crippen LogP contribution in [0.15, 0.2) is 0 Å². The molecule has 0 aromatic heterocycles. The lowest BCUT2D eigenvalue weighted by Gasteiger charge is -2.24. The molecule has 0 spiro atoms. The van der Waals surface area contributed by atoms with Gasteiger partial charge in [-0.15, -0.1) is 0 Å². The Kier molecular flexibility index (Phi) is 5.29. The van der Waals surface area contributed by atoms with Gasteiger partial charge >= 0.3 is 17.9 Å². The SMILES string of the molecule is CC(=O)OC[C@H]1C[C@@H](N)[C@H](OC(C)=O)[C@@H]1OC(C)=O. The molecule has 0 unspecified atom stereocenters. The Labute approximate surface area is 111 Å². The van der Waals surface area contributed by atoms with Crippen molar-refractivity contribution in [1.82, 2.24) is 0 Å². The van der Waals surface area contributed by atoms with Crippen LogP contribution in [0.25, 0.3) is 0 Å². The Balaban J connectivity index is 2.76. The highest BCUT2D eigenvalue weighted by molar-refractivity contribution is 5.68. The predicted octanol–water partition coefficient (Wildman–Crippen LogP) is -0.240. The van der Waals surface area contributed by atoms with Crippen LogP contribution in [0.2, 0.25) is 0 Å². The molecule has 0 radical (unpaired) electrons. The van der Waals surface area contributed by atoms with E-state index in [1.165, 1.54) is 20.8 Å². The van der Waals surface area contributed by atoms with Crippen LogP contribution in [0.3, 0.4) is 0 Å². The molecule has 1 rings (SSSR count). The van der Waals surface area contributed by atoms with Gasteiger partial charge in [-0.1, -0.05) is 0 Å². The van der Waals surface area contributed by atoms with Crippen molar-refractivity contribution in [3.05, 3.63) is 0 Å². The van der Waals surface area contributed by atoms with Crippen LogP contribution in [0.5, 0.6) is 0 Å². The van der Waals surface area contributed by atoms with Crippen molar-refractivity contribution < 1.29 is 28.6 Å². The molecule has 2 N–H and O–H groups in total. The normalized spacial score (nSPS) is 29.7. The summed E-state index contributed by atoms with van der Waals surface area (Å²) >= 11 is 0. The Morgan fingerprint density at radius 3 is 2.00 bits per heavy atom. The summed E-state index contributed by atoms with van der Waals surface area (Å²) in [4.78, 5) is 33.0. The summed E-state index contributed by atoms with van der Waals surface area (Å²) in [6, 6.07) is -0.450. The monoisotopic (exact) mass is 273 g/mol. The molecule has 0 aliphatic heterocycles. The fourth-order valence-corrected chi connectivity index (χ4v) is 2.22. The van der Waals surface area contributed by atoms with E-state index in [2.05, 4.69) is 0 Å². The minimum Gasteiger partial charge on any atom is -0.465 e. The summed E-state index contributed by atoms with van der Waals surface area (Å²) in [6.07, 6.45) is -0.943. The average molecular weight is 273 g/mol. The summed E-state index contributed by atoms with van der Waals surface area (Å²) in [6.45, 7) is 3.90. The third-order valence-corrected chi connectivity index (χ3v) is 2.89. The number of rotatable bonds is 4. The van der Waals surface area contributed by atoms with E-state index in [1.807, 2.05) is 0 Å². The molecule has 1 aliphatic rings. The molecular weight excluding hydrogens is 254 g/mol. The van der Waals surface area contributed by atoms with E-state index < -0.39 is 36.2 Å². The number of ether oxygens (including phenoxy) is 3. The smallest absolute Gasteiger partial charge is 0.303 e. The molecule has 1 fully saturated rings. The lowest BCUT2D eigenvalue weighted by Crippen LogP contribution is -2.42. The zero-order valence-corrected chi connectivity index (χ0v) is 11.3. The summed E-state index contributed by atoms with van der Waals surface area (Å²) in [5.74, 6) is -1.69. The third-order valence-electron chi connectivity index (χ3n) is 2.89. The molecule has 0 amide bonds. The first-order valence-corrected chi connectivity index (χ1v) is 6.04. The number of carbonyl (C=O) groups is 3. The minimum absolute atomic E-state index is 0.0821. The zero-order chi connectivity index (χ0) is 14.6. The minimum atomic E-state index is -0.707. The standard InChI is InChI=1S/C12H19NO6/c1-6(14)17-5-9-4-10(13)12(19-8(3)16)11(9)18-7(2)15/h9-12H,4-5,13H2,1-3H3/t9-,10-,11-,12+/m1/s1. The van der Waals surface area contributed by atoms with Gasteiger partial charge in [-0.25, -0.2) is 0 Å². The fourth-order valence-electron chi connectivity index (χ4n) is 2.22. The van der Waals surface area contributed by atoms with Crippen LogP contribution in [0.1, 0.15) is 27.2 Å². The first kappa shape index (κ1) is 15.4. The first-order chi connectivity index (χ1) is 8.81. The van der Waals surface area contributed by atoms with Crippen LogP contribution in [0, 0.1) is 5.92 Å². The van der Waals surface area contributed by atoms with Crippen molar-refractivity contribution in [1.29, 1.82) is 0 Å². The van der Waals surface area contributed by atoms with Gasteiger partial charge in [0.05, 0.1) is 6.61 Å². The van der Waals surface area contributed by atoms with Gasteiger partial charge in [0.2, 0.25) is 0 Å². The summed E-state index contributed by atoms with van der Waals surface area (Å²) in [5.41, 5.74) is 5.88. The van der Waals surface area contributed by atoms with E-state index in [1.54, 1.807) is 0 Å². The highest BCUT2D eigenvalue weighted by Crippen LogP contribution is 2.31. The predicted molar refractivity (Wildman–Crippen MR) is 63.8 cm³/mol. The molecule has 1 saturated carbocycles. The van der Waals surface area contributed by atoms with Crippen molar-refractivity contribution in [2.24, 2.45) is 11.7 Å². The van der Waals surface area contributed by atoms with Gasteiger partial charge < -0.3 is 19.9 Å². The van der Waals surface area contributed by atoms with Crippen molar-refractivity contribution in [2.45, 2.75) is 45.4 Å². The van der Waals surface area contributed by atoms with E-state index in [0.29, 0.717) is 6.42 Å². The number of hydrogen-bond acceptors (Lipinski definition) is 7. The topological polar surface area (TPSA) is 105 Å². The second-order valence-electron chi connectivity index (χ2n) is 4.61. The number of esters is 3. The van der Waals surface area contributed by atoms with E-state index in [0.717, 1.165) is 0 Å². The van der Waals surface area contributed by atoms with Gasteiger partial charge in [0.15, 0.2) is 6.10 Å². The molecule has 0 aromatic carbocycles. The lowest BCUT2D eigenvalue weighted by molar-refractivity contribution is -0.167. The second kappa shape index (κ2) is 6.51. The largest absolute Gasteiger partial charge is 0.465 e. The van der Waals surface area contributed by atoms with Gasteiger partial charge in [0, 0.05) is 32.7 Å². The van der Waals surface area contributed by atoms with Crippen LogP contribution < -0.4 is 5.73 Å². The van der Waals surface area contributed by atoms with Gasteiger partial charge in [0.1, 0.15) is 6.10 Å². The highest BCUT2D eigenvalue weighted by atomic mass is 16.6. The van der Waals surface area contributed by atoms with E-state index in [9.17, 15) is 14.4 Å². The first-order valence-electron chi connectivity index (χ1n) is 6.04. The number of hydrogen-bond donors (Lipinski definition) is 1. The molecule has 19 heavy (non-hydrogen) atoms.